The summed E-state index contributed by atoms with van der Waals surface area (Å²) in [5.74, 6) is 2.89. The maximum Gasteiger partial charge on any atom is 0.0580 e. The lowest BCUT2D eigenvalue weighted by molar-refractivity contribution is 0.0283. The van der Waals surface area contributed by atoms with Crippen molar-refractivity contribution in [1.82, 2.24) is 4.90 Å². The maximum absolute atomic E-state index is 11.3. The van der Waals surface area contributed by atoms with Crippen molar-refractivity contribution in [3.63, 3.8) is 0 Å². The molecule has 17 heavy (non-hydrogen) atoms. The molecular weight excluding hydrogens is 234 g/mol. The molecule has 0 aromatic rings. The van der Waals surface area contributed by atoms with E-state index in [4.69, 9.17) is 0 Å². The Hall–Kier alpha value is 0.0700. The summed E-state index contributed by atoms with van der Waals surface area (Å²) < 4.78 is 11.3. The molecule has 2 aliphatic rings. The fourth-order valence-corrected chi connectivity index (χ4v) is 4.23. The van der Waals surface area contributed by atoms with E-state index in [-0.39, 0.29) is 6.10 Å². The quantitative estimate of drug-likeness (QED) is 0.829. The van der Waals surface area contributed by atoms with E-state index in [9.17, 15) is 9.32 Å². The smallest absolute Gasteiger partial charge is 0.0580 e. The van der Waals surface area contributed by atoms with Gasteiger partial charge in [0.1, 0.15) is 0 Å². The number of hydrogen-bond acceptors (Lipinski definition) is 3. The Morgan fingerprint density at radius 2 is 2.00 bits per heavy atom. The number of aliphatic hydroxyl groups excluding tert-OH is 1. The van der Waals surface area contributed by atoms with Gasteiger partial charge in [-0.1, -0.05) is 13.3 Å². The second kappa shape index (κ2) is 6.30. The zero-order valence-electron chi connectivity index (χ0n) is 10.8. The van der Waals surface area contributed by atoms with Gasteiger partial charge in [0, 0.05) is 41.9 Å². The Morgan fingerprint density at radius 1 is 1.29 bits per heavy atom. The summed E-state index contributed by atoms with van der Waals surface area (Å²) in [5.41, 5.74) is 0. The van der Waals surface area contributed by atoms with Crippen molar-refractivity contribution in [1.29, 1.82) is 0 Å². The highest BCUT2D eigenvalue weighted by atomic mass is 32.2. The maximum atomic E-state index is 11.3. The molecule has 1 aliphatic carbocycles. The lowest BCUT2D eigenvalue weighted by Crippen LogP contribution is -2.44. The first-order chi connectivity index (χ1) is 8.19. The van der Waals surface area contributed by atoms with Crippen molar-refractivity contribution in [2.24, 2.45) is 11.8 Å². The summed E-state index contributed by atoms with van der Waals surface area (Å²) in [7, 11) is -0.589. The summed E-state index contributed by atoms with van der Waals surface area (Å²) in [6.07, 6.45) is 4.48. The number of hydrogen-bond donors (Lipinski definition) is 1. The van der Waals surface area contributed by atoms with Gasteiger partial charge in [-0.05, 0) is 31.1 Å². The molecule has 0 bridgehead atoms. The van der Waals surface area contributed by atoms with Gasteiger partial charge in [-0.3, -0.25) is 4.21 Å². The van der Waals surface area contributed by atoms with E-state index >= 15 is 0 Å². The molecule has 1 N–H and O–H groups in total. The molecule has 0 aromatic carbocycles. The molecule has 0 spiro atoms. The number of nitrogens with zero attached hydrogens (tertiary/aromatic N) is 1. The molecule has 0 radical (unpaired) electrons. The fourth-order valence-electron chi connectivity index (χ4n) is 3.10. The lowest BCUT2D eigenvalue weighted by atomic mass is 9.78. The first-order valence-corrected chi connectivity index (χ1v) is 8.43. The minimum atomic E-state index is -0.589. The molecule has 1 aliphatic heterocycles. The van der Waals surface area contributed by atoms with E-state index in [1.54, 1.807) is 0 Å². The van der Waals surface area contributed by atoms with Crippen LogP contribution in [0.25, 0.3) is 0 Å². The van der Waals surface area contributed by atoms with Crippen LogP contribution in [-0.2, 0) is 10.8 Å². The molecular formula is C13H25NO2S. The highest BCUT2D eigenvalue weighted by molar-refractivity contribution is 7.85. The summed E-state index contributed by atoms with van der Waals surface area (Å²) in [6.45, 7) is 5.16. The first kappa shape index (κ1) is 13.5. The molecule has 2 rings (SSSR count). The van der Waals surface area contributed by atoms with Gasteiger partial charge in [-0.2, -0.15) is 0 Å². The second-order valence-corrected chi connectivity index (χ2v) is 7.26. The van der Waals surface area contributed by atoms with Crippen molar-refractivity contribution < 1.29 is 9.32 Å². The number of rotatable bonds is 3. The molecule has 2 fully saturated rings. The first-order valence-electron chi connectivity index (χ1n) is 6.94. The third-order valence-corrected chi connectivity index (χ3v) is 5.67. The van der Waals surface area contributed by atoms with E-state index in [1.165, 1.54) is 19.3 Å². The molecule has 1 saturated carbocycles. The predicted octanol–water partition coefficient (Wildman–Crippen LogP) is 1.24. The Bertz CT molecular complexity index is 262. The minimum Gasteiger partial charge on any atom is -0.393 e. The molecule has 3 nitrogen and oxygen atoms in total. The van der Waals surface area contributed by atoms with Crippen LogP contribution >= 0.6 is 0 Å². The van der Waals surface area contributed by atoms with E-state index in [0.717, 1.165) is 43.5 Å². The monoisotopic (exact) mass is 259 g/mol. The van der Waals surface area contributed by atoms with E-state index in [1.807, 2.05) is 0 Å². The summed E-state index contributed by atoms with van der Waals surface area (Å²) >= 11 is 0. The average Bonchev–Trinajstić information content (AvgIpc) is 2.35. The lowest BCUT2D eigenvalue weighted by Gasteiger charge is -2.37. The van der Waals surface area contributed by atoms with Crippen molar-refractivity contribution >= 4 is 10.8 Å². The minimum absolute atomic E-state index is 0.106. The third kappa shape index (κ3) is 3.76. The van der Waals surface area contributed by atoms with E-state index in [2.05, 4.69) is 11.8 Å². The highest BCUT2D eigenvalue weighted by Gasteiger charge is 2.30. The van der Waals surface area contributed by atoms with Crippen LogP contribution < -0.4 is 0 Å². The SMILES string of the molecule is CCC1CCC(O)C(CN2CCS(=O)CC2)C1. The predicted molar refractivity (Wildman–Crippen MR) is 71.4 cm³/mol. The zero-order valence-corrected chi connectivity index (χ0v) is 11.6. The molecule has 3 atom stereocenters. The third-order valence-electron chi connectivity index (χ3n) is 4.39. The highest BCUT2D eigenvalue weighted by Crippen LogP contribution is 2.31. The van der Waals surface area contributed by atoms with Gasteiger partial charge in [-0.15, -0.1) is 0 Å². The molecule has 0 aromatic heterocycles. The van der Waals surface area contributed by atoms with Crippen LogP contribution in [-0.4, -0.2) is 51.5 Å². The zero-order chi connectivity index (χ0) is 12.3. The number of aliphatic hydroxyl groups is 1. The van der Waals surface area contributed by atoms with Crippen LogP contribution in [0.5, 0.6) is 0 Å². The van der Waals surface area contributed by atoms with Crippen LogP contribution in [0.15, 0.2) is 0 Å². The molecule has 1 saturated heterocycles. The van der Waals surface area contributed by atoms with Crippen molar-refractivity contribution in [3.8, 4) is 0 Å². The van der Waals surface area contributed by atoms with Crippen LogP contribution in [0.2, 0.25) is 0 Å². The van der Waals surface area contributed by atoms with Crippen LogP contribution in [0.1, 0.15) is 32.6 Å². The van der Waals surface area contributed by atoms with Gasteiger partial charge in [0.2, 0.25) is 0 Å². The van der Waals surface area contributed by atoms with Crippen molar-refractivity contribution in [3.05, 3.63) is 0 Å². The normalized spacial score (nSPS) is 37.2. The Morgan fingerprint density at radius 3 is 2.65 bits per heavy atom. The largest absolute Gasteiger partial charge is 0.393 e. The van der Waals surface area contributed by atoms with Gasteiger partial charge < -0.3 is 10.0 Å². The molecule has 100 valence electrons. The van der Waals surface area contributed by atoms with Gasteiger partial charge >= 0.3 is 0 Å². The summed E-state index contributed by atoms with van der Waals surface area (Å²) in [5, 5.41) is 10.1. The topological polar surface area (TPSA) is 40.5 Å². The average molecular weight is 259 g/mol. The van der Waals surface area contributed by atoms with Crippen LogP contribution in [0.4, 0.5) is 0 Å². The molecule has 1 heterocycles. The van der Waals surface area contributed by atoms with Crippen molar-refractivity contribution in [2.45, 2.75) is 38.7 Å². The van der Waals surface area contributed by atoms with Gasteiger partial charge in [0.25, 0.3) is 0 Å². The summed E-state index contributed by atoms with van der Waals surface area (Å²) in [4.78, 5) is 2.40. The van der Waals surface area contributed by atoms with Gasteiger partial charge in [-0.25, -0.2) is 0 Å². The summed E-state index contributed by atoms with van der Waals surface area (Å²) in [6, 6.07) is 0. The Kier molecular flexibility index (Phi) is 5.00. The molecule has 0 amide bonds. The second-order valence-electron chi connectivity index (χ2n) is 5.56. The van der Waals surface area contributed by atoms with Crippen LogP contribution in [0, 0.1) is 11.8 Å². The van der Waals surface area contributed by atoms with Gasteiger partial charge in [0.05, 0.1) is 6.10 Å². The van der Waals surface area contributed by atoms with E-state index < -0.39 is 10.8 Å². The molecule has 3 unspecified atom stereocenters. The Labute approximate surface area is 107 Å². The van der Waals surface area contributed by atoms with Crippen molar-refractivity contribution in [2.75, 3.05) is 31.1 Å². The van der Waals surface area contributed by atoms with Crippen LogP contribution in [0.3, 0.4) is 0 Å². The van der Waals surface area contributed by atoms with E-state index in [0.29, 0.717) is 5.92 Å². The van der Waals surface area contributed by atoms with Gasteiger partial charge in [0.15, 0.2) is 0 Å². The standard InChI is InChI=1S/C13H25NO2S/c1-2-11-3-4-13(15)12(9-11)10-14-5-7-17(16)8-6-14/h11-13,15H,2-10H2,1H3. The molecule has 4 heteroatoms. The Balaban J connectivity index is 1.82. The fraction of sp³-hybridized carbons (Fsp3) is 1.00.